The molecule has 0 saturated heterocycles. The third-order valence-corrected chi connectivity index (χ3v) is 4.00. The average molecular weight is 354 g/mol. The zero-order valence-electron chi connectivity index (χ0n) is 13.4. The number of tetrazole rings is 1. The lowest BCUT2D eigenvalue weighted by molar-refractivity contribution is 0.181. The standard InChI is InChI=1S/C14H21BClN5O3/c1-10(11-5-7-12(16)8-6-11)21-14(18-19-20-21)13(17)4-2-3-9-24-15(22)23/h5-8,10,13,22-23H,2-4,9,17H2,1H3/t10-,13?/m0/s1. The molecule has 0 radical (unpaired) electrons. The molecule has 4 N–H and O–H groups in total. The normalized spacial score (nSPS) is 13.7. The lowest BCUT2D eigenvalue weighted by atomic mass is 10.1. The van der Waals surface area contributed by atoms with Gasteiger partial charge >= 0.3 is 7.32 Å². The van der Waals surface area contributed by atoms with Crippen LogP contribution in [0.2, 0.25) is 5.02 Å². The first-order valence-electron chi connectivity index (χ1n) is 7.75. The highest BCUT2D eigenvalue weighted by molar-refractivity contribution is 6.32. The molecule has 2 atom stereocenters. The van der Waals surface area contributed by atoms with Crippen molar-refractivity contribution in [2.24, 2.45) is 5.73 Å². The number of benzene rings is 1. The Morgan fingerprint density at radius 1 is 1.29 bits per heavy atom. The van der Waals surface area contributed by atoms with E-state index in [9.17, 15) is 0 Å². The van der Waals surface area contributed by atoms with Crippen molar-refractivity contribution in [3.05, 3.63) is 40.7 Å². The van der Waals surface area contributed by atoms with Gasteiger partial charge in [-0.15, -0.1) is 5.10 Å². The second-order valence-electron chi connectivity index (χ2n) is 5.51. The van der Waals surface area contributed by atoms with Gasteiger partial charge in [0.2, 0.25) is 0 Å². The number of rotatable bonds is 9. The van der Waals surface area contributed by atoms with Crippen molar-refractivity contribution in [2.75, 3.05) is 6.61 Å². The van der Waals surface area contributed by atoms with Crippen molar-refractivity contribution in [1.82, 2.24) is 20.2 Å². The zero-order chi connectivity index (χ0) is 17.5. The van der Waals surface area contributed by atoms with Crippen LogP contribution in [0, 0.1) is 0 Å². The van der Waals surface area contributed by atoms with Gasteiger partial charge in [0.05, 0.1) is 12.1 Å². The molecule has 0 fully saturated rings. The first-order chi connectivity index (χ1) is 11.5. The highest BCUT2D eigenvalue weighted by Crippen LogP contribution is 2.23. The van der Waals surface area contributed by atoms with Gasteiger partial charge in [0.25, 0.3) is 0 Å². The van der Waals surface area contributed by atoms with Gasteiger partial charge in [0.1, 0.15) is 0 Å². The molecule has 1 aromatic heterocycles. The third kappa shape index (κ3) is 5.25. The highest BCUT2D eigenvalue weighted by Gasteiger charge is 2.20. The molecule has 0 saturated carbocycles. The van der Waals surface area contributed by atoms with E-state index in [2.05, 4.69) is 20.2 Å². The van der Waals surface area contributed by atoms with Crippen LogP contribution in [0.5, 0.6) is 0 Å². The van der Waals surface area contributed by atoms with Crippen LogP contribution in [-0.2, 0) is 4.65 Å². The SMILES string of the molecule is C[C@@H](c1ccc(Cl)cc1)n1nnnc1C(N)CCCCOB(O)O. The molecule has 130 valence electrons. The van der Waals surface area contributed by atoms with E-state index in [0.717, 1.165) is 12.0 Å². The maximum atomic E-state index is 8.60. The number of nitrogens with zero attached hydrogens (tertiary/aromatic N) is 4. The molecule has 8 nitrogen and oxygen atoms in total. The monoisotopic (exact) mass is 353 g/mol. The van der Waals surface area contributed by atoms with E-state index in [1.165, 1.54) is 0 Å². The van der Waals surface area contributed by atoms with E-state index in [4.69, 9.17) is 27.4 Å². The Hall–Kier alpha value is -1.52. The molecule has 1 unspecified atom stereocenters. The summed E-state index contributed by atoms with van der Waals surface area (Å²) in [5.41, 5.74) is 7.23. The molecule has 0 amide bonds. The maximum Gasteiger partial charge on any atom is 0.633 e. The summed E-state index contributed by atoms with van der Waals surface area (Å²) < 4.78 is 6.37. The van der Waals surface area contributed by atoms with Crippen molar-refractivity contribution < 1.29 is 14.7 Å². The summed E-state index contributed by atoms with van der Waals surface area (Å²) in [6.07, 6.45) is 2.09. The van der Waals surface area contributed by atoms with Gasteiger partial charge in [-0.25, -0.2) is 4.68 Å². The molecule has 10 heteroatoms. The summed E-state index contributed by atoms with van der Waals surface area (Å²) in [4.78, 5) is 0. The first-order valence-corrected chi connectivity index (χ1v) is 8.13. The Labute approximate surface area is 145 Å². The maximum absolute atomic E-state index is 8.60. The van der Waals surface area contributed by atoms with Crippen LogP contribution in [0.3, 0.4) is 0 Å². The molecule has 0 bridgehead atoms. The molecule has 0 aliphatic heterocycles. The number of hydrogen-bond acceptors (Lipinski definition) is 7. The fraction of sp³-hybridized carbons (Fsp3) is 0.500. The largest absolute Gasteiger partial charge is 0.633 e. The summed E-state index contributed by atoms with van der Waals surface area (Å²) in [5.74, 6) is 0.612. The van der Waals surface area contributed by atoms with Gasteiger partial charge in [-0.1, -0.05) is 23.7 Å². The third-order valence-electron chi connectivity index (χ3n) is 3.75. The van der Waals surface area contributed by atoms with Gasteiger partial charge in [-0.3, -0.25) is 0 Å². The summed E-state index contributed by atoms with van der Waals surface area (Å²) in [7, 11) is -1.73. The Morgan fingerprint density at radius 3 is 2.67 bits per heavy atom. The minimum Gasteiger partial charge on any atom is -0.402 e. The minimum atomic E-state index is -1.73. The molecule has 1 heterocycles. The van der Waals surface area contributed by atoms with Gasteiger partial charge < -0.3 is 20.4 Å². The van der Waals surface area contributed by atoms with E-state index < -0.39 is 7.32 Å². The molecular weight excluding hydrogens is 332 g/mol. The molecule has 1 aromatic carbocycles. The van der Waals surface area contributed by atoms with Crippen LogP contribution in [0.1, 0.15) is 49.7 Å². The fourth-order valence-corrected chi connectivity index (χ4v) is 2.51. The lowest BCUT2D eigenvalue weighted by Crippen LogP contribution is -2.21. The Morgan fingerprint density at radius 2 is 2.00 bits per heavy atom. The highest BCUT2D eigenvalue weighted by atomic mass is 35.5. The second-order valence-corrected chi connectivity index (χ2v) is 5.94. The van der Waals surface area contributed by atoms with Crippen molar-refractivity contribution in [2.45, 2.75) is 38.3 Å². The van der Waals surface area contributed by atoms with Gasteiger partial charge in [0, 0.05) is 11.6 Å². The first kappa shape index (κ1) is 18.8. The van der Waals surface area contributed by atoms with Crippen LogP contribution in [0.4, 0.5) is 0 Å². The molecule has 0 spiro atoms. The van der Waals surface area contributed by atoms with Gasteiger partial charge in [0.15, 0.2) is 5.82 Å². The number of aromatic nitrogens is 4. The van der Waals surface area contributed by atoms with E-state index in [1.807, 2.05) is 31.2 Å². The van der Waals surface area contributed by atoms with Gasteiger partial charge in [-0.05, 0) is 54.3 Å². The van der Waals surface area contributed by atoms with Crippen LogP contribution in [-0.4, -0.2) is 44.2 Å². The predicted molar refractivity (Wildman–Crippen MR) is 90.0 cm³/mol. The van der Waals surface area contributed by atoms with Crippen molar-refractivity contribution in [1.29, 1.82) is 0 Å². The minimum absolute atomic E-state index is 0.0637. The molecule has 2 aromatic rings. The molecule has 0 aliphatic carbocycles. The summed E-state index contributed by atoms with van der Waals surface area (Å²) in [6, 6.07) is 7.14. The Bertz CT molecular complexity index is 625. The summed E-state index contributed by atoms with van der Waals surface area (Å²) in [5, 5.41) is 29.7. The van der Waals surface area contributed by atoms with E-state index in [0.29, 0.717) is 23.7 Å². The molecule has 0 aliphatic rings. The van der Waals surface area contributed by atoms with Crippen molar-refractivity contribution >= 4 is 18.9 Å². The zero-order valence-corrected chi connectivity index (χ0v) is 14.2. The second kappa shape index (κ2) is 9.09. The number of nitrogens with two attached hydrogens (primary N) is 1. The topological polar surface area (TPSA) is 119 Å². The molecular formula is C14H21BClN5O3. The Kier molecular flexibility index (Phi) is 7.13. The number of hydrogen-bond donors (Lipinski definition) is 3. The fourth-order valence-electron chi connectivity index (χ4n) is 2.39. The van der Waals surface area contributed by atoms with Crippen LogP contribution in [0.25, 0.3) is 0 Å². The number of unbranched alkanes of at least 4 members (excludes halogenated alkanes) is 1. The summed E-state index contributed by atoms with van der Waals surface area (Å²) in [6.45, 7) is 2.25. The van der Waals surface area contributed by atoms with Crippen LogP contribution in [0.15, 0.2) is 24.3 Å². The number of halogens is 1. The van der Waals surface area contributed by atoms with E-state index in [-0.39, 0.29) is 18.7 Å². The van der Waals surface area contributed by atoms with Crippen LogP contribution < -0.4 is 5.73 Å². The van der Waals surface area contributed by atoms with Gasteiger partial charge in [-0.2, -0.15) is 0 Å². The Balaban J connectivity index is 1.94. The smallest absolute Gasteiger partial charge is 0.402 e. The summed E-state index contributed by atoms with van der Waals surface area (Å²) >= 11 is 5.92. The van der Waals surface area contributed by atoms with Crippen molar-refractivity contribution in [3.8, 4) is 0 Å². The van der Waals surface area contributed by atoms with E-state index >= 15 is 0 Å². The van der Waals surface area contributed by atoms with Crippen molar-refractivity contribution in [3.63, 3.8) is 0 Å². The average Bonchev–Trinajstić information content (AvgIpc) is 3.03. The van der Waals surface area contributed by atoms with E-state index in [1.54, 1.807) is 4.68 Å². The predicted octanol–water partition coefficient (Wildman–Crippen LogP) is 1.09. The van der Waals surface area contributed by atoms with Crippen LogP contribution >= 0.6 is 11.6 Å². The quantitative estimate of drug-likeness (QED) is 0.456. The molecule has 24 heavy (non-hydrogen) atoms. The lowest BCUT2D eigenvalue weighted by Gasteiger charge is -2.17. The molecule has 2 rings (SSSR count).